The molecule has 0 spiro atoms. The van der Waals surface area contributed by atoms with Crippen LogP contribution in [0, 0.1) is 0 Å². The van der Waals surface area contributed by atoms with Gasteiger partial charge in [-0.3, -0.25) is 9.78 Å². The molecular formula is C11H18N4OS. The summed E-state index contributed by atoms with van der Waals surface area (Å²) in [6.45, 7) is 8.05. The maximum atomic E-state index is 11.6. The molecule has 0 atom stereocenters. The minimum absolute atomic E-state index is 0.145. The molecule has 5 nitrogen and oxygen atoms in total. The average Bonchev–Trinajstić information content (AvgIpc) is 2.75. The molecule has 6 heteroatoms. The van der Waals surface area contributed by atoms with Crippen LogP contribution in [0.4, 0.5) is 0 Å². The standard InChI is InChI=1S/C9H12N4OS.C2H6/c1-5(2)7-10-4-6-8(14)11-9(15-3)12-13(6)7;1-2/h4-5H,1-3H3,(H,11,12,14);1-2H3. The van der Waals surface area contributed by atoms with Crippen LogP contribution >= 0.6 is 11.8 Å². The molecule has 2 aromatic heterocycles. The first-order valence-corrected chi connectivity index (χ1v) is 6.88. The third-order valence-corrected chi connectivity index (χ3v) is 2.69. The van der Waals surface area contributed by atoms with Crippen LogP contribution in [0.15, 0.2) is 16.1 Å². The van der Waals surface area contributed by atoms with Crippen molar-refractivity contribution in [3.8, 4) is 0 Å². The summed E-state index contributed by atoms with van der Waals surface area (Å²) < 4.78 is 1.62. The number of hydrogen-bond acceptors (Lipinski definition) is 4. The fraction of sp³-hybridized carbons (Fsp3) is 0.545. The Balaban J connectivity index is 0.000000686. The Kier molecular flexibility index (Phi) is 4.74. The molecular weight excluding hydrogens is 236 g/mol. The number of rotatable bonds is 2. The molecule has 0 bridgehead atoms. The molecule has 0 amide bonds. The van der Waals surface area contributed by atoms with Gasteiger partial charge in [-0.1, -0.05) is 39.5 Å². The Morgan fingerprint density at radius 1 is 1.41 bits per heavy atom. The van der Waals surface area contributed by atoms with Gasteiger partial charge in [0.1, 0.15) is 5.82 Å². The quantitative estimate of drug-likeness (QED) is 0.835. The highest BCUT2D eigenvalue weighted by Crippen LogP contribution is 2.13. The van der Waals surface area contributed by atoms with Crippen LogP contribution in [0.2, 0.25) is 0 Å². The molecule has 2 rings (SSSR count). The van der Waals surface area contributed by atoms with Crippen LogP contribution in [0.3, 0.4) is 0 Å². The summed E-state index contributed by atoms with van der Waals surface area (Å²) in [5.74, 6) is 1.06. The highest BCUT2D eigenvalue weighted by Gasteiger charge is 2.11. The second-order valence-corrected chi connectivity index (χ2v) is 4.33. The second-order valence-electron chi connectivity index (χ2n) is 3.53. The minimum atomic E-state index is -0.145. The molecule has 0 aliphatic carbocycles. The highest BCUT2D eigenvalue weighted by atomic mass is 32.2. The van der Waals surface area contributed by atoms with Crippen LogP contribution < -0.4 is 5.56 Å². The van der Waals surface area contributed by atoms with Crippen molar-refractivity contribution in [2.45, 2.75) is 38.8 Å². The Morgan fingerprint density at radius 2 is 2.06 bits per heavy atom. The first-order valence-electron chi connectivity index (χ1n) is 5.65. The van der Waals surface area contributed by atoms with Crippen molar-refractivity contribution in [3.63, 3.8) is 0 Å². The van der Waals surface area contributed by atoms with Gasteiger partial charge in [-0.2, -0.15) is 0 Å². The van der Waals surface area contributed by atoms with Crippen molar-refractivity contribution < 1.29 is 0 Å². The predicted octanol–water partition coefficient (Wildman–Crippen LogP) is 2.29. The normalized spacial score (nSPS) is 10.5. The van der Waals surface area contributed by atoms with Gasteiger partial charge in [-0.15, -0.1) is 5.10 Å². The molecule has 0 radical (unpaired) electrons. The summed E-state index contributed by atoms with van der Waals surface area (Å²) in [6.07, 6.45) is 3.43. The zero-order chi connectivity index (χ0) is 13.0. The topological polar surface area (TPSA) is 63.1 Å². The Hall–Kier alpha value is -1.30. The van der Waals surface area contributed by atoms with Gasteiger partial charge in [0.05, 0.1) is 6.20 Å². The van der Waals surface area contributed by atoms with E-state index < -0.39 is 0 Å². The van der Waals surface area contributed by atoms with Crippen molar-refractivity contribution in [3.05, 3.63) is 22.4 Å². The fourth-order valence-electron chi connectivity index (χ4n) is 1.38. The van der Waals surface area contributed by atoms with E-state index in [-0.39, 0.29) is 11.5 Å². The molecule has 0 saturated carbocycles. The van der Waals surface area contributed by atoms with Gasteiger partial charge in [0, 0.05) is 5.92 Å². The number of nitrogens with one attached hydrogen (secondary N) is 1. The maximum Gasteiger partial charge on any atom is 0.277 e. The van der Waals surface area contributed by atoms with E-state index in [0.717, 1.165) is 5.82 Å². The molecule has 2 heterocycles. The van der Waals surface area contributed by atoms with E-state index in [1.807, 2.05) is 34.0 Å². The molecule has 0 aromatic carbocycles. The van der Waals surface area contributed by atoms with Crippen molar-refractivity contribution in [2.24, 2.45) is 0 Å². The lowest BCUT2D eigenvalue weighted by Gasteiger charge is -2.03. The van der Waals surface area contributed by atoms with Crippen LogP contribution in [0.5, 0.6) is 0 Å². The molecule has 0 saturated heterocycles. The maximum absolute atomic E-state index is 11.6. The van der Waals surface area contributed by atoms with E-state index in [1.54, 1.807) is 10.7 Å². The van der Waals surface area contributed by atoms with Gasteiger partial charge in [-0.05, 0) is 6.26 Å². The van der Waals surface area contributed by atoms with Crippen molar-refractivity contribution in [2.75, 3.05) is 6.26 Å². The third kappa shape index (κ3) is 2.69. The van der Waals surface area contributed by atoms with Crippen molar-refractivity contribution in [1.82, 2.24) is 19.6 Å². The van der Waals surface area contributed by atoms with E-state index >= 15 is 0 Å². The van der Waals surface area contributed by atoms with Crippen molar-refractivity contribution in [1.29, 1.82) is 0 Å². The smallest absolute Gasteiger partial charge is 0.277 e. The van der Waals surface area contributed by atoms with Gasteiger partial charge >= 0.3 is 0 Å². The van der Waals surface area contributed by atoms with Crippen molar-refractivity contribution >= 4 is 17.3 Å². The summed E-state index contributed by atoms with van der Waals surface area (Å²) >= 11 is 1.41. The van der Waals surface area contributed by atoms with Crippen LogP contribution in [0.25, 0.3) is 5.52 Å². The predicted molar refractivity (Wildman–Crippen MR) is 70.8 cm³/mol. The van der Waals surface area contributed by atoms with Gasteiger partial charge in [0.2, 0.25) is 0 Å². The summed E-state index contributed by atoms with van der Waals surface area (Å²) in [4.78, 5) is 18.5. The van der Waals surface area contributed by atoms with Gasteiger partial charge < -0.3 is 0 Å². The van der Waals surface area contributed by atoms with Gasteiger partial charge in [-0.25, -0.2) is 9.50 Å². The lowest BCUT2D eigenvalue weighted by molar-refractivity contribution is 0.685. The molecule has 1 N–H and O–H groups in total. The van der Waals surface area contributed by atoms with E-state index in [2.05, 4.69) is 15.1 Å². The SMILES string of the molecule is CC.CSc1nn2c(C(C)C)ncc2c(=O)[nH]1. The molecule has 0 aliphatic rings. The fourth-order valence-corrected chi connectivity index (χ4v) is 1.74. The first-order chi connectivity index (χ1) is 8.13. The van der Waals surface area contributed by atoms with Crippen LogP contribution in [-0.2, 0) is 0 Å². The summed E-state index contributed by atoms with van der Waals surface area (Å²) in [5, 5.41) is 4.90. The zero-order valence-electron chi connectivity index (χ0n) is 10.8. The largest absolute Gasteiger partial charge is 0.298 e. The number of aromatic nitrogens is 4. The second kappa shape index (κ2) is 5.86. The van der Waals surface area contributed by atoms with Gasteiger partial charge in [0.25, 0.3) is 5.56 Å². The van der Waals surface area contributed by atoms with E-state index in [1.165, 1.54) is 11.8 Å². The average molecular weight is 254 g/mol. The number of fused-ring (bicyclic) bond motifs is 1. The lowest BCUT2D eigenvalue weighted by Crippen LogP contribution is -2.14. The van der Waals surface area contributed by atoms with Crippen LogP contribution in [0.1, 0.15) is 39.4 Å². The Bertz CT molecular complexity index is 544. The number of hydrogen-bond donors (Lipinski definition) is 1. The highest BCUT2D eigenvalue weighted by molar-refractivity contribution is 7.98. The number of H-pyrrole nitrogens is 1. The van der Waals surface area contributed by atoms with Crippen LogP contribution in [-0.4, -0.2) is 25.8 Å². The van der Waals surface area contributed by atoms with E-state index in [0.29, 0.717) is 10.7 Å². The summed E-state index contributed by atoms with van der Waals surface area (Å²) in [6, 6.07) is 0. The van der Waals surface area contributed by atoms with E-state index in [4.69, 9.17) is 0 Å². The first kappa shape index (κ1) is 13.8. The number of thioether (sulfide) groups is 1. The monoisotopic (exact) mass is 254 g/mol. The zero-order valence-corrected chi connectivity index (χ0v) is 11.6. The van der Waals surface area contributed by atoms with E-state index in [9.17, 15) is 4.79 Å². The number of aromatic amines is 1. The summed E-state index contributed by atoms with van der Waals surface area (Å²) in [5.41, 5.74) is 0.352. The molecule has 17 heavy (non-hydrogen) atoms. The Labute approximate surface area is 105 Å². The lowest BCUT2D eigenvalue weighted by atomic mass is 10.2. The Morgan fingerprint density at radius 3 is 2.59 bits per heavy atom. The molecule has 0 unspecified atom stereocenters. The molecule has 2 aromatic rings. The molecule has 0 aliphatic heterocycles. The third-order valence-electron chi connectivity index (χ3n) is 2.12. The van der Waals surface area contributed by atoms with Gasteiger partial charge in [0.15, 0.2) is 10.7 Å². The minimum Gasteiger partial charge on any atom is -0.298 e. The molecule has 0 fully saturated rings. The number of imidazole rings is 1. The number of nitrogens with zero attached hydrogens (tertiary/aromatic N) is 3. The molecule has 94 valence electrons. The summed E-state index contributed by atoms with van der Waals surface area (Å²) in [7, 11) is 0.